The van der Waals surface area contributed by atoms with Crippen LogP contribution in [0, 0.1) is 20.8 Å². The van der Waals surface area contributed by atoms with E-state index in [2.05, 4.69) is 24.7 Å². The van der Waals surface area contributed by atoms with Crippen molar-refractivity contribution in [3.05, 3.63) is 156 Å². The van der Waals surface area contributed by atoms with E-state index in [9.17, 15) is 4.79 Å². The van der Waals surface area contributed by atoms with Crippen LogP contribution < -0.4 is 5.73 Å². The molecule has 5 heteroatoms. The van der Waals surface area contributed by atoms with Crippen LogP contribution in [-0.4, -0.2) is 34.8 Å². The third kappa shape index (κ3) is 15.9. The van der Waals surface area contributed by atoms with Crippen molar-refractivity contribution in [1.82, 2.24) is 4.90 Å². The highest BCUT2D eigenvalue weighted by molar-refractivity contribution is 5.83. The smallest absolute Gasteiger partial charge is 0.227 e. The molecule has 3 N–H and O–H groups in total. The number of carbonyl (C=O) groups excluding carboxylic acids is 1. The lowest BCUT2D eigenvalue weighted by Crippen LogP contribution is -2.35. The van der Waals surface area contributed by atoms with E-state index in [1.54, 1.807) is 6.08 Å². The van der Waals surface area contributed by atoms with Gasteiger partial charge in [0.1, 0.15) is 5.76 Å². The molecule has 3 rings (SSSR count). The molecule has 238 valence electrons. The summed E-state index contributed by atoms with van der Waals surface area (Å²) in [4.78, 5) is 18.8. The summed E-state index contributed by atoms with van der Waals surface area (Å²) in [7, 11) is 0. The Balaban J connectivity index is 0.000000381. The highest BCUT2D eigenvalue weighted by Crippen LogP contribution is 2.17. The number of hydrogen-bond acceptors (Lipinski definition) is 3. The number of para-hydroxylation sites is 1. The quantitative estimate of drug-likeness (QED) is 0.0751. The average molecular weight is 606 g/mol. The zero-order valence-electron chi connectivity index (χ0n) is 28.0. The van der Waals surface area contributed by atoms with E-state index >= 15 is 0 Å². The Morgan fingerprint density at radius 2 is 1.51 bits per heavy atom. The third-order valence-corrected chi connectivity index (χ3v) is 6.50. The summed E-state index contributed by atoms with van der Waals surface area (Å²) < 4.78 is 0. The first-order valence-corrected chi connectivity index (χ1v) is 15.2. The maximum atomic E-state index is 12.7. The van der Waals surface area contributed by atoms with Gasteiger partial charge in [-0.3, -0.25) is 4.79 Å². The molecule has 3 aromatic rings. The Bertz CT molecular complexity index is 1480. The first-order chi connectivity index (χ1) is 21.4. The average Bonchev–Trinajstić information content (AvgIpc) is 3.00. The van der Waals surface area contributed by atoms with Crippen LogP contribution in [-0.2, 0) is 11.2 Å². The largest absolute Gasteiger partial charge is 0.508 e. The van der Waals surface area contributed by atoms with Gasteiger partial charge in [-0.25, -0.2) is 4.99 Å². The van der Waals surface area contributed by atoms with Crippen molar-refractivity contribution in [2.45, 2.75) is 54.4 Å². The lowest BCUT2D eigenvalue weighted by Gasteiger charge is -2.23. The molecule has 0 saturated heterocycles. The number of nitrogens with zero attached hydrogens (tertiary/aromatic N) is 2. The van der Waals surface area contributed by atoms with Crippen molar-refractivity contribution < 1.29 is 9.90 Å². The number of aliphatic hydroxyl groups is 1. The van der Waals surface area contributed by atoms with Crippen molar-refractivity contribution in [3.8, 4) is 0 Å². The summed E-state index contributed by atoms with van der Waals surface area (Å²) in [5, 5.41) is 8.92. The van der Waals surface area contributed by atoms with E-state index in [1.165, 1.54) is 11.1 Å². The molecule has 3 aromatic carbocycles. The number of aliphatic hydroxyl groups excluding tert-OH is 1. The fourth-order valence-corrected chi connectivity index (χ4v) is 3.97. The van der Waals surface area contributed by atoms with E-state index in [1.807, 2.05) is 137 Å². The van der Waals surface area contributed by atoms with Crippen molar-refractivity contribution >= 4 is 23.2 Å². The van der Waals surface area contributed by atoms with Gasteiger partial charge in [-0.05, 0) is 57.4 Å². The second kappa shape index (κ2) is 20.9. The standard InChI is InChI=1S/C21H27NO.C10H14N2.C9H10O/c1-6-8-20(9-7-2)16-22(15-17(3)4)21(23)14-19-12-10-18(5)11-13-19;1-3-10(11)12-9-7-5-4-6-8(9)2;1-7-3-5-9(6-4-7)8(2)10/h6-13H,1,3,14-16H2,2,4-5H3;4-7H,3H2,1-2H3,(H2,11,12);3-6,10H,2H2,1H3/b9-7-,20-8+;;. The van der Waals surface area contributed by atoms with Gasteiger partial charge in [0.2, 0.25) is 5.91 Å². The molecular weight excluding hydrogens is 554 g/mol. The van der Waals surface area contributed by atoms with E-state index in [0.29, 0.717) is 25.3 Å². The number of amidine groups is 1. The van der Waals surface area contributed by atoms with E-state index in [-0.39, 0.29) is 11.7 Å². The van der Waals surface area contributed by atoms with E-state index in [0.717, 1.165) is 39.9 Å². The van der Waals surface area contributed by atoms with Crippen LogP contribution in [0.4, 0.5) is 5.69 Å². The minimum Gasteiger partial charge on any atom is -0.508 e. The first-order valence-electron chi connectivity index (χ1n) is 15.2. The molecule has 0 fully saturated rings. The third-order valence-electron chi connectivity index (χ3n) is 6.50. The number of allylic oxidation sites excluding steroid dienone is 3. The molecule has 0 aliphatic rings. The molecule has 0 aliphatic carbocycles. The molecule has 0 heterocycles. The van der Waals surface area contributed by atoms with Gasteiger partial charge in [0.05, 0.1) is 17.9 Å². The zero-order valence-corrected chi connectivity index (χ0v) is 28.0. The van der Waals surface area contributed by atoms with Gasteiger partial charge in [-0.1, -0.05) is 134 Å². The Kier molecular flexibility index (Phi) is 17.7. The summed E-state index contributed by atoms with van der Waals surface area (Å²) in [6, 6.07) is 23.6. The molecule has 0 aromatic heterocycles. The number of nitrogens with two attached hydrogens (primary N) is 1. The lowest BCUT2D eigenvalue weighted by molar-refractivity contribution is -0.129. The molecule has 1 amide bonds. The Labute approximate surface area is 271 Å². The van der Waals surface area contributed by atoms with Crippen molar-refractivity contribution in [1.29, 1.82) is 0 Å². The summed E-state index contributed by atoms with van der Waals surface area (Å²) in [6.07, 6.45) is 8.87. The van der Waals surface area contributed by atoms with Crippen molar-refractivity contribution in [2.24, 2.45) is 10.7 Å². The molecule has 45 heavy (non-hydrogen) atoms. The van der Waals surface area contributed by atoms with Gasteiger partial charge in [0.15, 0.2) is 0 Å². The predicted molar refractivity (Wildman–Crippen MR) is 195 cm³/mol. The van der Waals surface area contributed by atoms with Crippen LogP contribution in [0.1, 0.15) is 55.0 Å². The van der Waals surface area contributed by atoms with E-state index < -0.39 is 0 Å². The number of aryl methyl sites for hydroxylation is 3. The molecule has 0 radical (unpaired) electrons. The molecule has 0 aliphatic heterocycles. The molecule has 0 bridgehead atoms. The van der Waals surface area contributed by atoms with Gasteiger partial charge in [0.25, 0.3) is 0 Å². The van der Waals surface area contributed by atoms with Crippen molar-refractivity contribution in [2.75, 3.05) is 13.1 Å². The number of benzene rings is 3. The second-order valence-electron chi connectivity index (χ2n) is 10.9. The van der Waals surface area contributed by atoms with Crippen LogP contribution in [0.5, 0.6) is 0 Å². The SMILES string of the molecule is C=C(O)c1ccc(C)cc1.C=C/C=C(\C=C/C)CN(CC(=C)C)C(=O)Cc1ccc(C)cc1.CCC(N)=Nc1ccccc1C. The Morgan fingerprint density at radius 1 is 0.933 bits per heavy atom. The molecule has 0 saturated carbocycles. The normalized spacial score (nSPS) is 11.1. The van der Waals surface area contributed by atoms with Crippen LogP contribution in [0.3, 0.4) is 0 Å². The van der Waals surface area contributed by atoms with Gasteiger partial charge in [0, 0.05) is 25.1 Å². The molecule has 0 unspecified atom stereocenters. The van der Waals surface area contributed by atoms with Gasteiger partial charge < -0.3 is 15.7 Å². The molecule has 0 atom stereocenters. The van der Waals surface area contributed by atoms with Gasteiger partial charge in [-0.15, -0.1) is 0 Å². The Hall–Kier alpha value is -4.90. The number of rotatable bonds is 11. The fourth-order valence-electron chi connectivity index (χ4n) is 3.97. The van der Waals surface area contributed by atoms with Gasteiger partial charge >= 0.3 is 0 Å². The molecule has 0 spiro atoms. The number of hydrogen-bond donors (Lipinski definition) is 2. The maximum Gasteiger partial charge on any atom is 0.227 e. The zero-order chi connectivity index (χ0) is 33.8. The maximum absolute atomic E-state index is 12.7. The monoisotopic (exact) mass is 605 g/mol. The minimum absolute atomic E-state index is 0.108. The second-order valence-corrected chi connectivity index (χ2v) is 10.9. The summed E-state index contributed by atoms with van der Waals surface area (Å²) in [5.41, 5.74) is 14.0. The van der Waals surface area contributed by atoms with Crippen LogP contribution in [0.2, 0.25) is 0 Å². The lowest BCUT2D eigenvalue weighted by atomic mass is 10.1. The highest BCUT2D eigenvalue weighted by Gasteiger charge is 2.15. The van der Waals surface area contributed by atoms with E-state index in [4.69, 9.17) is 10.8 Å². The predicted octanol–water partition coefficient (Wildman–Crippen LogP) is 9.55. The molecule has 5 nitrogen and oxygen atoms in total. The summed E-state index contributed by atoms with van der Waals surface area (Å²) in [5.74, 6) is 0.917. The number of carbonyl (C=O) groups is 1. The van der Waals surface area contributed by atoms with Crippen LogP contribution in [0.25, 0.3) is 5.76 Å². The van der Waals surface area contributed by atoms with Crippen LogP contribution >= 0.6 is 0 Å². The summed E-state index contributed by atoms with van der Waals surface area (Å²) >= 11 is 0. The van der Waals surface area contributed by atoms with Crippen molar-refractivity contribution in [3.63, 3.8) is 0 Å². The molecular formula is C40H51N3O2. The Morgan fingerprint density at radius 3 is 2.00 bits per heavy atom. The summed E-state index contributed by atoms with van der Waals surface area (Å²) in [6.45, 7) is 24.2. The van der Waals surface area contributed by atoms with Gasteiger partial charge in [-0.2, -0.15) is 0 Å². The van der Waals surface area contributed by atoms with Crippen LogP contribution in [0.15, 0.2) is 133 Å². The fraction of sp³-hybridized carbons (Fsp3) is 0.250. The first kappa shape index (κ1) is 38.1. The topological polar surface area (TPSA) is 78.9 Å². The highest BCUT2D eigenvalue weighted by atomic mass is 16.3. The number of amides is 1. The minimum atomic E-state index is 0.108. The number of aliphatic imine (C=N–C) groups is 1.